The lowest BCUT2D eigenvalue weighted by atomic mass is 9.87. The molecule has 2 heterocycles. The number of likely N-dealkylation sites (N-methyl/N-ethyl adjacent to an activating group) is 1. The number of amides is 3. The molecule has 6 atom stereocenters. The van der Waals surface area contributed by atoms with Crippen molar-refractivity contribution in [3.05, 3.63) is 48.0 Å². The van der Waals surface area contributed by atoms with Crippen LogP contribution in [0.5, 0.6) is 0 Å². The SMILES string of the molecule is C=CCC1C[C@@H]2OCC[C@H](NC(=O)[C@H](C)NC)C(=O)N2[C@@H]1C(=O)N[C@@H]1CCCc2ccccc21. The first-order chi connectivity index (χ1) is 16.4. The molecule has 0 aromatic heterocycles. The van der Waals surface area contributed by atoms with Gasteiger partial charge in [0.25, 0.3) is 0 Å². The Balaban J connectivity index is 1.56. The van der Waals surface area contributed by atoms with Gasteiger partial charge in [-0.25, -0.2) is 0 Å². The fourth-order valence-corrected chi connectivity index (χ4v) is 5.46. The highest BCUT2D eigenvalue weighted by Crippen LogP contribution is 2.37. The van der Waals surface area contributed by atoms with E-state index in [1.165, 1.54) is 5.56 Å². The number of hydrogen-bond acceptors (Lipinski definition) is 5. The van der Waals surface area contributed by atoms with Gasteiger partial charge in [0.15, 0.2) is 0 Å². The normalized spacial score (nSPS) is 29.4. The van der Waals surface area contributed by atoms with Gasteiger partial charge in [-0.05, 0) is 63.1 Å². The van der Waals surface area contributed by atoms with E-state index >= 15 is 0 Å². The van der Waals surface area contributed by atoms with Crippen LogP contribution >= 0.6 is 0 Å². The van der Waals surface area contributed by atoms with E-state index in [1.54, 1.807) is 24.9 Å². The zero-order chi connectivity index (χ0) is 24.2. The third kappa shape index (κ3) is 4.88. The first-order valence-corrected chi connectivity index (χ1v) is 12.3. The van der Waals surface area contributed by atoms with Crippen LogP contribution in [0.4, 0.5) is 0 Å². The van der Waals surface area contributed by atoms with Crippen molar-refractivity contribution < 1.29 is 19.1 Å². The number of nitrogens with zero attached hydrogens (tertiary/aromatic N) is 1. The Bertz CT molecular complexity index is 935. The molecule has 2 saturated heterocycles. The maximum absolute atomic E-state index is 13.7. The quantitative estimate of drug-likeness (QED) is 0.530. The van der Waals surface area contributed by atoms with E-state index in [0.717, 1.165) is 24.8 Å². The number of ether oxygens (including phenoxy) is 1. The number of carbonyl (C=O) groups is 3. The minimum atomic E-state index is -0.721. The second-order valence-electron chi connectivity index (χ2n) is 9.55. The molecule has 3 N–H and O–H groups in total. The standard InChI is InChI=1S/C26H36N4O4/c1-4-8-18-15-22-30(26(33)21(13-14-34-22)29-24(31)16(2)27-3)23(18)25(32)28-20-12-7-10-17-9-5-6-11-19(17)20/h4-6,9,11,16,18,20-23,27H,1,7-8,10,12-15H2,2-3H3,(H,28,32)(H,29,31)/t16-,18?,20+,21-,22-,23-/m0/s1. The van der Waals surface area contributed by atoms with Crippen molar-refractivity contribution in [1.29, 1.82) is 0 Å². The molecule has 2 fully saturated rings. The molecule has 0 radical (unpaired) electrons. The third-order valence-electron chi connectivity index (χ3n) is 7.40. The van der Waals surface area contributed by atoms with E-state index in [9.17, 15) is 14.4 Å². The van der Waals surface area contributed by atoms with Crippen LogP contribution in [0.15, 0.2) is 36.9 Å². The zero-order valence-corrected chi connectivity index (χ0v) is 20.1. The summed E-state index contributed by atoms with van der Waals surface area (Å²) in [6.45, 7) is 5.95. The number of allylic oxidation sites excluding steroid dienone is 1. The summed E-state index contributed by atoms with van der Waals surface area (Å²) in [5.74, 6) is -0.754. The van der Waals surface area contributed by atoms with Gasteiger partial charge in [0, 0.05) is 6.42 Å². The summed E-state index contributed by atoms with van der Waals surface area (Å²) in [4.78, 5) is 41.4. The number of fused-ring (bicyclic) bond motifs is 2. The summed E-state index contributed by atoms with van der Waals surface area (Å²) in [5, 5.41) is 8.98. The summed E-state index contributed by atoms with van der Waals surface area (Å²) in [7, 11) is 1.70. The molecule has 3 aliphatic rings. The number of carbonyl (C=O) groups excluding carboxylic acids is 3. The minimum Gasteiger partial charge on any atom is -0.358 e. The van der Waals surface area contributed by atoms with Crippen LogP contribution in [0, 0.1) is 5.92 Å². The van der Waals surface area contributed by atoms with Gasteiger partial charge in [0.05, 0.1) is 18.7 Å². The van der Waals surface area contributed by atoms with Crippen LogP contribution in [-0.2, 0) is 25.5 Å². The molecule has 2 aliphatic heterocycles. The summed E-state index contributed by atoms with van der Waals surface area (Å²) < 4.78 is 6.02. The number of hydrogen-bond donors (Lipinski definition) is 3. The average molecular weight is 469 g/mol. The smallest absolute Gasteiger partial charge is 0.247 e. The van der Waals surface area contributed by atoms with Crippen LogP contribution in [0.1, 0.15) is 56.2 Å². The van der Waals surface area contributed by atoms with Crippen molar-refractivity contribution >= 4 is 17.7 Å². The van der Waals surface area contributed by atoms with Gasteiger partial charge >= 0.3 is 0 Å². The summed E-state index contributed by atoms with van der Waals surface area (Å²) >= 11 is 0. The Kier molecular flexibility index (Phi) is 7.68. The van der Waals surface area contributed by atoms with Crippen molar-refractivity contribution in [2.45, 2.75) is 75.8 Å². The van der Waals surface area contributed by atoms with Gasteiger partial charge in [-0.2, -0.15) is 0 Å². The lowest BCUT2D eigenvalue weighted by molar-refractivity contribution is -0.149. The van der Waals surface area contributed by atoms with Crippen molar-refractivity contribution in [2.24, 2.45) is 5.92 Å². The molecule has 1 unspecified atom stereocenters. The van der Waals surface area contributed by atoms with E-state index in [1.807, 2.05) is 12.1 Å². The summed E-state index contributed by atoms with van der Waals surface area (Å²) in [6, 6.07) is 6.34. The topological polar surface area (TPSA) is 99.8 Å². The van der Waals surface area contributed by atoms with Gasteiger partial charge in [0.1, 0.15) is 18.3 Å². The highest BCUT2D eigenvalue weighted by Gasteiger charge is 2.50. The molecule has 34 heavy (non-hydrogen) atoms. The maximum Gasteiger partial charge on any atom is 0.247 e. The van der Waals surface area contributed by atoms with Gasteiger partial charge in [-0.15, -0.1) is 6.58 Å². The predicted molar refractivity (Wildman–Crippen MR) is 129 cm³/mol. The Morgan fingerprint density at radius 3 is 2.79 bits per heavy atom. The van der Waals surface area contributed by atoms with E-state index in [4.69, 9.17) is 4.74 Å². The van der Waals surface area contributed by atoms with Gasteiger partial charge in [0.2, 0.25) is 17.7 Å². The predicted octanol–water partition coefficient (Wildman–Crippen LogP) is 1.81. The molecule has 1 aliphatic carbocycles. The first kappa shape index (κ1) is 24.4. The molecule has 0 bridgehead atoms. The second kappa shape index (κ2) is 10.7. The third-order valence-corrected chi connectivity index (χ3v) is 7.40. The number of aryl methyl sites for hydroxylation is 1. The fraction of sp³-hybridized carbons (Fsp3) is 0.577. The molecule has 4 rings (SSSR count). The molecular formula is C26H36N4O4. The molecule has 1 aromatic carbocycles. The number of rotatable bonds is 7. The largest absolute Gasteiger partial charge is 0.358 e. The lowest BCUT2D eigenvalue weighted by Gasteiger charge is -2.33. The molecule has 0 saturated carbocycles. The van der Waals surface area contributed by atoms with E-state index < -0.39 is 24.4 Å². The Morgan fingerprint density at radius 2 is 2.03 bits per heavy atom. The van der Waals surface area contributed by atoms with Gasteiger partial charge in [-0.1, -0.05) is 30.3 Å². The molecule has 3 amide bonds. The van der Waals surface area contributed by atoms with Crippen LogP contribution in [-0.4, -0.2) is 60.6 Å². The van der Waals surface area contributed by atoms with Crippen molar-refractivity contribution in [1.82, 2.24) is 20.9 Å². The lowest BCUT2D eigenvalue weighted by Crippen LogP contribution is -2.57. The van der Waals surface area contributed by atoms with Crippen molar-refractivity contribution in [2.75, 3.05) is 13.7 Å². The molecule has 0 spiro atoms. The maximum atomic E-state index is 13.7. The Labute approximate surface area is 201 Å². The van der Waals surface area contributed by atoms with Crippen LogP contribution in [0.2, 0.25) is 0 Å². The minimum absolute atomic E-state index is 0.0733. The second-order valence-corrected chi connectivity index (χ2v) is 9.55. The first-order valence-electron chi connectivity index (χ1n) is 12.3. The molecular weight excluding hydrogens is 432 g/mol. The molecule has 8 heteroatoms. The highest BCUT2D eigenvalue weighted by molar-refractivity contribution is 5.94. The van der Waals surface area contributed by atoms with E-state index in [2.05, 4.69) is 34.7 Å². The monoisotopic (exact) mass is 468 g/mol. The summed E-state index contributed by atoms with van der Waals surface area (Å²) in [6.07, 6.45) is 5.77. The van der Waals surface area contributed by atoms with E-state index in [0.29, 0.717) is 25.9 Å². The molecule has 1 aromatic rings. The van der Waals surface area contributed by atoms with Crippen molar-refractivity contribution in [3.8, 4) is 0 Å². The van der Waals surface area contributed by atoms with Crippen LogP contribution in [0.25, 0.3) is 0 Å². The van der Waals surface area contributed by atoms with Gasteiger partial charge < -0.3 is 25.6 Å². The highest BCUT2D eigenvalue weighted by atomic mass is 16.5. The number of nitrogens with one attached hydrogen (secondary N) is 3. The number of benzene rings is 1. The van der Waals surface area contributed by atoms with E-state index in [-0.39, 0.29) is 29.7 Å². The van der Waals surface area contributed by atoms with Crippen LogP contribution < -0.4 is 16.0 Å². The van der Waals surface area contributed by atoms with Crippen molar-refractivity contribution in [3.63, 3.8) is 0 Å². The Morgan fingerprint density at radius 1 is 1.24 bits per heavy atom. The zero-order valence-electron chi connectivity index (χ0n) is 20.1. The Hall–Kier alpha value is -2.71. The molecule has 8 nitrogen and oxygen atoms in total. The molecule has 184 valence electrons. The van der Waals surface area contributed by atoms with Crippen LogP contribution in [0.3, 0.4) is 0 Å². The van der Waals surface area contributed by atoms with Gasteiger partial charge in [-0.3, -0.25) is 14.4 Å². The fourth-order valence-electron chi connectivity index (χ4n) is 5.46. The average Bonchev–Trinajstić information content (AvgIpc) is 3.13. The summed E-state index contributed by atoms with van der Waals surface area (Å²) in [5.41, 5.74) is 2.42.